The molecule has 0 spiro atoms. The van der Waals surface area contributed by atoms with E-state index < -0.39 is 10.0 Å². The molecule has 0 bridgehead atoms. The summed E-state index contributed by atoms with van der Waals surface area (Å²) in [5.74, 6) is 0.358. The lowest BCUT2D eigenvalue weighted by atomic mass is 10.1. The van der Waals surface area contributed by atoms with Gasteiger partial charge in [-0.3, -0.25) is 9.69 Å². The molecule has 2 aromatic heterocycles. The first-order valence-corrected chi connectivity index (χ1v) is 13.0. The zero-order chi connectivity index (χ0) is 24.6. The maximum atomic E-state index is 13.2. The van der Waals surface area contributed by atoms with Crippen molar-refractivity contribution in [3.05, 3.63) is 70.4 Å². The van der Waals surface area contributed by atoms with Crippen molar-refractivity contribution in [2.45, 2.75) is 45.6 Å². The minimum Gasteiger partial charge on any atom is -0.360 e. The Balaban J connectivity index is 1.43. The van der Waals surface area contributed by atoms with Gasteiger partial charge in [0.2, 0.25) is 10.0 Å². The number of hydrogen-bond acceptors (Lipinski definition) is 6. The molecule has 0 N–H and O–H groups in total. The van der Waals surface area contributed by atoms with Crippen LogP contribution >= 0.6 is 0 Å². The molecule has 0 amide bonds. The number of carbonyl (C=O) groups excluding carboxylic acids is 1. The van der Waals surface area contributed by atoms with Crippen molar-refractivity contribution >= 4 is 15.8 Å². The van der Waals surface area contributed by atoms with Crippen LogP contribution < -0.4 is 0 Å². The van der Waals surface area contributed by atoms with Gasteiger partial charge in [0.25, 0.3) is 0 Å². The van der Waals surface area contributed by atoms with Crippen LogP contribution in [0.2, 0.25) is 0 Å². The Morgan fingerprint density at radius 3 is 2.29 bits per heavy atom. The molecule has 4 rings (SSSR count). The molecule has 1 aliphatic rings. The third kappa shape index (κ3) is 4.47. The van der Waals surface area contributed by atoms with Gasteiger partial charge in [0.05, 0.1) is 12.6 Å². The normalized spacial score (nSPS) is 16.6. The molecule has 3 aromatic rings. The molecule has 0 saturated carbocycles. The molecular formula is C25H32N4O4S. The van der Waals surface area contributed by atoms with Crippen molar-refractivity contribution in [2.24, 2.45) is 0 Å². The van der Waals surface area contributed by atoms with Gasteiger partial charge in [0.1, 0.15) is 10.6 Å². The molecular weight excluding hydrogens is 452 g/mol. The topological polar surface area (TPSA) is 88.7 Å². The van der Waals surface area contributed by atoms with Crippen LogP contribution in [0, 0.1) is 27.7 Å². The molecule has 1 atom stereocenters. The van der Waals surface area contributed by atoms with E-state index in [2.05, 4.69) is 28.8 Å². The van der Waals surface area contributed by atoms with Crippen molar-refractivity contribution in [1.82, 2.24) is 18.9 Å². The van der Waals surface area contributed by atoms with Gasteiger partial charge in [-0.15, -0.1) is 0 Å². The van der Waals surface area contributed by atoms with Crippen molar-refractivity contribution in [3.63, 3.8) is 0 Å². The van der Waals surface area contributed by atoms with E-state index in [4.69, 9.17) is 4.52 Å². The number of nitrogens with zero attached hydrogens (tertiary/aromatic N) is 4. The molecule has 8 nitrogen and oxygen atoms in total. The van der Waals surface area contributed by atoms with Crippen LogP contribution in [0.1, 0.15) is 51.7 Å². The molecule has 0 unspecified atom stereocenters. The third-order valence-electron chi connectivity index (χ3n) is 6.72. The van der Waals surface area contributed by atoms with Crippen LogP contribution in [0.4, 0.5) is 0 Å². The number of aromatic nitrogens is 2. The number of rotatable bonds is 7. The van der Waals surface area contributed by atoms with Crippen LogP contribution in [-0.4, -0.2) is 65.9 Å². The van der Waals surface area contributed by atoms with Crippen molar-refractivity contribution < 1.29 is 17.7 Å². The van der Waals surface area contributed by atoms with Crippen LogP contribution in [0.3, 0.4) is 0 Å². The van der Waals surface area contributed by atoms with E-state index in [-0.39, 0.29) is 23.3 Å². The summed E-state index contributed by atoms with van der Waals surface area (Å²) in [7, 11) is -3.67. The summed E-state index contributed by atoms with van der Waals surface area (Å²) in [5, 5.41) is 3.78. The second-order valence-corrected chi connectivity index (χ2v) is 10.9. The highest BCUT2D eigenvalue weighted by Crippen LogP contribution is 2.27. The molecule has 1 aliphatic heterocycles. The predicted octanol–water partition coefficient (Wildman–Crippen LogP) is 3.51. The molecule has 3 heterocycles. The van der Waals surface area contributed by atoms with Crippen LogP contribution in [-0.2, 0) is 10.0 Å². The van der Waals surface area contributed by atoms with Gasteiger partial charge in [-0.05, 0) is 46.2 Å². The van der Waals surface area contributed by atoms with E-state index in [1.54, 1.807) is 13.8 Å². The summed E-state index contributed by atoms with van der Waals surface area (Å²) >= 11 is 0. The quantitative estimate of drug-likeness (QED) is 0.477. The van der Waals surface area contributed by atoms with Gasteiger partial charge < -0.3 is 9.09 Å². The lowest BCUT2D eigenvalue weighted by molar-refractivity contribution is 0.0901. The Kier molecular flexibility index (Phi) is 6.80. The maximum Gasteiger partial charge on any atom is 0.248 e. The fourth-order valence-corrected chi connectivity index (χ4v) is 6.64. The smallest absolute Gasteiger partial charge is 0.248 e. The van der Waals surface area contributed by atoms with E-state index in [0.717, 1.165) is 17.0 Å². The second-order valence-electron chi connectivity index (χ2n) is 9.00. The lowest BCUT2D eigenvalue weighted by Crippen LogP contribution is -2.49. The molecule has 34 heavy (non-hydrogen) atoms. The second kappa shape index (κ2) is 9.48. The van der Waals surface area contributed by atoms with Crippen molar-refractivity contribution in [3.8, 4) is 0 Å². The van der Waals surface area contributed by atoms with Gasteiger partial charge in [-0.2, -0.15) is 4.31 Å². The summed E-state index contributed by atoms with van der Waals surface area (Å²) in [6.07, 6.45) is 0. The van der Waals surface area contributed by atoms with Crippen LogP contribution in [0.15, 0.2) is 45.8 Å². The lowest BCUT2D eigenvalue weighted by Gasteiger charge is -2.33. The van der Waals surface area contributed by atoms with Gasteiger partial charge >= 0.3 is 0 Å². The largest absolute Gasteiger partial charge is 0.360 e. The Bertz CT molecular complexity index is 1270. The molecule has 0 aliphatic carbocycles. The Labute approximate surface area is 201 Å². The predicted molar refractivity (Wildman–Crippen MR) is 130 cm³/mol. The number of benzene rings is 1. The average Bonchev–Trinajstić information content (AvgIpc) is 3.31. The molecule has 1 saturated heterocycles. The number of ketones is 1. The minimum atomic E-state index is -3.67. The van der Waals surface area contributed by atoms with Gasteiger partial charge in [0, 0.05) is 43.1 Å². The van der Waals surface area contributed by atoms with Crippen LogP contribution in [0.25, 0.3) is 0 Å². The molecule has 1 fully saturated rings. The zero-order valence-corrected chi connectivity index (χ0v) is 21.2. The highest BCUT2D eigenvalue weighted by atomic mass is 32.2. The number of hydrogen-bond donors (Lipinski definition) is 0. The summed E-state index contributed by atoms with van der Waals surface area (Å²) in [6, 6.07) is 12.3. The summed E-state index contributed by atoms with van der Waals surface area (Å²) in [4.78, 5) is 15.4. The number of aryl methyl sites for hydroxylation is 3. The summed E-state index contributed by atoms with van der Waals surface area (Å²) in [5.41, 5.74) is 4.30. The Hall–Kier alpha value is -2.75. The molecule has 0 radical (unpaired) electrons. The van der Waals surface area contributed by atoms with E-state index in [9.17, 15) is 13.2 Å². The first kappa shape index (κ1) is 24.4. The molecule has 9 heteroatoms. The van der Waals surface area contributed by atoms with Gasteiger partial charge in [-0.25, -0.2) is 8.42 Å². The first-order chi connectivity index (χ1) is 16.1. The van der Waals surface area contributed by atoms with E-state index in [0.29, 0.717) is 37.6 Å². The standard InChI is InChI=1S/C25H32N4O4S/c1-17-15-23(20(4)29(17)19(3)22-9-7-6-8-10-22)24(30)16-27-11-13-28(14-12-27)34(31,32)25-18(2)26-33-21(25)5/h6-10,15,19H,11-14,16H2,1-5H3/t19-/m1/s1. The molecule has 182 valence electrons. The third-order valence-corrected chi connectivity index (χ3v) is 8.86. The van der Waals surface area contributed by atoms with Gasteiger partial charge in [-0.1, -0.05) is 35.5 Å². The molecule has 1 aromatic carbocycles. The number of piperazine rings is 1. The Morgan fingerprint density at radius 1 is 1.06 bits per heavy atom. The minimum absolute atomic E-state index is 0.0571. The van der Waals surface area contributed by atoms with E-state index in [1.807, 2.05) is 43.0 Å². The number of Topliss-reactive ketones (excluding diaryl/α,β-unsaturated/α-hetero) is 1. The fourth-order valence-electron chi connectivity index (χ4n) is 4.92. The summed E-state index contributed by atoms with van der Waals surface area (Å²) < 4.78 is 34.8. The van der Waals surface area contributed by atoms with Gasteiger partial charge in [0.15, 0.2) is 11.5 Å². The average molecular weight is 485 g/mol. The van der Waals surface area contributed by atoms with Crippen LogP contribution in [0.5, 0.6) is 0 Å². The number of sulfonamides is 1. The van der Waals surface area contributed by atoms with Crippen molar-refractivity contribution in [2.75, 3.05) is 32.7 Å². The number of carbonyl (C=O) groups is 1. The Morgan fingerprint density at radius 2 is 1.71 bits per heavy atom. The van der Waals surface area contributed by atoms with E-state index in [1.165, 1.54) is 9.87 Å². The highest BCUT2D eigenvalue weighted by molar-refractivity contribution is 7.89. The summed E-state index contributed by atoms with van der Waals surface area (Å²) in [6.45, 7) is 11.3. The monoisotopic (exact) mass is 484 g/mol. The SMILES string of the molecule is Cc1noc(C)c1S(=O)(=O)N1CCN(CC(=O)c2cc(C)n([C@H](C)c3ccccc3)c2C)CC1. The maximum absolute atomic E-state index is 13.2. The fraction of sp³-hybridized carbons (Fsp3) is 0.440. The zero-order valence-electron chi connectivity index (χ0n) is 20.4. The first-order valence-electron chi connectivity index (χ1n) is 11.5. The van der Waals surface area contributed by atoms with Crippen molar-refractivity contribution in [1.29, 1.82) is 0 Å². The van der Waals surface area contributed by atoms with E-state index >= 15 is 0 Å². The highest BCUT2D eigenvalue weighted by Gasteiger charge is 2.34.